The molecule has 0 atom stereocenters. The quantitative estimate of drug-likeness (QED) is 0.112. The number of aromatic nitrogens is 2. The highest BCUT2D eigenvalue weighted by molar-refractivity contribution is 7.99. The number of methoxy groups -OCH3 is 1. The van der Waals surface area contributed by atoms with Crippen LogP contribution in [0.3, 0.4) is 0 Å². The molecule has 1 aliphatic carbocycles. The molecule has 40 heavy (non-hydrogen) atoms. The molecular weight excluding hydrogens is 541 g/mol. The summed E-state index contributed by atoms with van der Waals surface area (Å²) in [6.45, 7) is 2.01. The van der Waals surface area contributed by atoms with Gasteiger partial charge in [-0.2, -0.15) is 5.10 Å². The van der Waals surface area contributed by atoms with E-state index in [-0.39, 0.29) is 17.2 Å². The Morgan fingerprint density at radius 3 is 2.75 bits per heavy atom. The van der Waals surface area contributed by atoms with Crippen molar-refractivity contribution in [1.82, 2.24) is 15.0 Å². The van der Waals surface area contributed by atoms with Crippen LogP contribution in [0.5, 0.6) is 5.75 Å². The number of hydrazone groups is 1. The van der Waals surface area contributed by atoms with Gasteiger partial charge >= 0.3 is 0 Å². The van der Waals surface area contributed by atoms with Crippen LogP contribution in [-0.4, -0.2) is 34.5 Å². The molecule has 2 heterocycles. The van der Waals surface area contributed by atoms with Crippen LogP contribution >= 0.6 is 23.1 Å². The number of carbonyl (C=O) groups is 1. The molecule has 0 unspecified atom stereocenters. The number of carbonyl (C=O) groups excluding carboxylic acids is 1. The van der Waals surface area contributed by atoms with Crippen LogP contribution < -0.4 is 15.7 Å². The van der Waals surface area contributed by atoms with E-state index in [1.807, 2.05) is 67.6 Å². The van der Waals surface area contributed by atoms with Crippen LogP contribution in [0.15, 0.2) is 75.7 Å². The van der Waals surface area contributed by atoms with E-state index in [0.717, 1.165) is 69.1 Å². The summed E-state index contributed by atoms with van der Waals surface area (Å²) in [5.41, 5.74) is 6.33. The molecule has 5 aromatic rings. The second-order valence-corrected chi connectivity index (χ2v) is 11.8. The SMILES string of the molecule is COc1ccc2ccccc2c1/C=N\NC(=O)CSc1nc2sc3c(c2c(=O)n1-c1ccc(C)cc1)CCCC3. The minimum absolute atomic E-state index is 0.0545. The number of thioether (sulfide) groups is 1. The first-order valence-corrected chi connectivity index (χ1v) is 15.0. The maximum atomic E-state index is 13.9. The second kappa shape index (κ2) is 11.3. The average molecular weight is 569 g/mol. The van der Waals surface area contributed by atoms with Crippen molar-refractivity contribution < 1.29 is 9.53 Å². The fraction of sp³-hybridized carbons (Fsp3) is 0.226. The zero-order valence-electron chi connectivity index (χ0n) is 22.3. The fourth-order valence-electron chi connectivity index (χ4n) is 5.12. The van der Waals surface area contributed by atoms with Gasteiger partial charge in [-0.15, -0.1) is 11.3 Å². The summed E-state index contributed by atoms with van der Waals surface area (Å²) in [7, 11) is 1.61. The highest BCUT2D eigenvalue weighted by Crippen LogP contribution is 2.35. The first-order chi connectivity index (χ1) is 19.5. The van der Waals surface area contributed by atoms with E-state index in [2.05, 4.69) is 10.5 Å². The molecule has 0 aliphatic heterocycles. The number of ether oxygens (including phenoxy) is 1. The van der Waals surface area contributed by atoms with Crippen molar-refractivity contribution in [2.45, 2.75) is 37.8 Å². The molecule has 0 saturated carbocycles. The normalized spacial score (nSPS) is 13.2. The summed E-state index contributed by atoms with van der Waals surface area (Å²) >= 11 is 2.84. The lowest BCUT2D eigenvalue weighted by atomic mass is 9.97. The zero-order valence-corrected chi connectivity index (χ0v) is 23.9. The van der Waals surface area contributed by atoms with Gasteiger partial charge in [0.1, 0.15) is 10.6 Å². The van der Waals surface area contributed by atoms with Crippen LogP contribution in [0, 0.1) is 6.92 Å². The number of hydrogen-bond acceptors (Lipinski definition) is 7. The molecule has 0 radical (unpaired) electrons. The van der Waals surface area contributed by atoms with Crippen molar-refractivity contribution >= 4 is 56.2 Å². The minimum atomic E-state index is -0.296. The first kappa shape index (κ1) is 26.3. The lowest BCUT2D eigenvalue weighted by molar-refractivity contribution is -0.118. The number of aryl methyl sites for hydroxylation is 3. The number of nitrogens with zero attached hydrogens (tertiary/aromatic N) is 3. The third-order valence-electron chi connectivity index (χ3n) is 7.12. The zero-order chi connectivity index (χ0) is 27.6. The van der Waals surface area contributed by atoms with Crippen molar-refractivity contribution in [2.24, 2.45) is 5.10 Å². The van der Waals surface area contributed by atoms with Crippen LogP contribution in [0.1, 0.15) is 34.4 Å². The predicted octanol–water partition coefficient (Wildman–Crippen LogP) is 6.04. The van der Waals surface area contributed by atoms with Crippen LogP contribution in [0.4, 0.5) is 0 Å². The monoisotopic (exact) mass is 568 g/mol. The largest absolute Gasteiger partial charge is 0.496 e. The maximum absolute atomic E-state index is 13.9. The smallest absolute Gasteiger partial charge is 0.267 e. The number of nitrogens with one attached hydrogen (secondary N) is 1. The number of hydrogen-bond donors (Lipinski definition) is 1. The molecule has 9 heteroatoms. The summed E-state index contributed by atoms with van der Waals surface area (Å²) < 4.78 is 7.15. The minimum Gasteiger partial charge on any atom is -0.496 e. The van der Waals surface area contributed by atoms with E-state index in [9.17, 15) is 9.59 Å². The first-order valence-electron chi connectivity index (χ1n) is 13.2. The topological polar surface area (TPSA) is 85.6 Å². The molecule has 1 aliphatic rings. The van der Waals surface area contributed by atoms with E-state index in [1.54, 1.807) is 29.2 Å². The molecule has 2 aromatic heterocycles. The number of rotatable bonds is 7. The molecule has 0 saturated heterocycles. The number of fused-ring (bicyclic) bond motifs is 4. The standard InChI is InChI=1S/C31H28N4O3S2/c1-19-11-14-21(15-12-19)35-30(37)28-23-9-5-6-10-26(23)40-29(28)33-31(35)39-18-27(36)34-32-17-24-22-8-4-3-7-20(22)13-16-25(24)38-2/h3-4,7-8,11-17H,5-6,9-10,18H2,1-2H3,(H,34,36)/b32-17-. The summed E-state index contributed by atoms with van der Waals surface area (Å²) in [6.07, 6.45) is 5.73. The molecule has 6 rings (SSSR count). The van der Waals surface area contributed by atoms with E-state index in [1.165, 1.54) is 16.6 Å². The molecule has 0 spiro atoms. The number of amides is 1. The van der Waals surface area contributed by atoms with Crippen LogP contribution in [0.2, 0.25) is 0 Å². The van der Waals surface area contributed by atoms with Crippen LogP contribution in [0.25, 0.3) is 26.7 Å². The van der Waals surface area contributed by atoms with Gasteiger partial charge in [0, 0.05) is 10.4 Å². The van der Waals surface area contributed by atoms with Crippen molar-refractivity contribution in [2.75, 3.05) is 12.9 Å². The number of thiophene rings is 1. The summed E-state index contributed by atoms with van der Waals surface area (Å²) in [4.78, 5) is 33.6. The Morgan fingerprint density at radius 2 is 1.93 bits per heavy atom. The Hall–Kier alpha value is -3.95. The van der Waals surface area contributed by atoms with Gasteiger partial charge in [0.2, 0.25) is 0 Å². The fourth-order valence-corrected chi connectivity index (χ4v) is 7.23. The van der Waals surface area contributed by atoms with E-state index in [4.69, 9.17) is 9.72 Å². The lowest BCUT2D eigenvalue weighted by Crippen LogP contribution is -2.24. The van der Waals surface area contributed by atoms with Crippen molar-refractivity contribution in [3.8, 4) is 11.4 Å². The Labute approximate surface area is 239 Å². The summed E-state index contributed by atoms with van der Waals surface area (Å²) in [5, 5.41) is 7.46. The molecular formula is C31H28N4O3S2. The van der Waals surface area contributed by atoms with E-state index >= 15 is 0 Å². The third-order valence-corrected chi connectivity index (χ3v) is 9.24. The lowest BCUT2D eigenvalue weighted by Gasteiger charge is -2.13. The molecule has 1 N–H and O–H groups in total. The summed E-state index contributed by atoms with van der Waals surface area (Å²) in [5.74, 6) is 0.430. The second-order valence-electron chi connectivity index (χ2n) is 9.75. The van der Waals surface area contributed by atoms with Gasteiger partial charge in [-0.05, 0) is 67.1 Å². The highest BCUT2D eigenvalue weighted by Gasteiger charge is 2.23. The third kappa shape index (κ3) is 5.02. The summed E-state index contributed by atoms with van der Waals surface area (Å²) in [6, 6.07) is 19.6. The van der Waals surface area contributed by atoms with Crippen LogP contribution in [-0.2, 0) is 17.6 Å². The molecule has 0 bridgehead atoms. The predicted molar refractivity (Wildman–Crippen MR) is 164 cm³/mol. The van der Waals surface area contributed by atoms with Gasteiger partial charge in [0.15, 0.2) is 5.16 Å². The highest BCUT2D eigenvalue weighted by atomic mass is 32.2. The molecule has 1 amide bonds. The Kier molecular flexibility index (Phi) is 7.40. The molecule has 3 aromatic carbocycles. The molecule has 0 fully saturated rings. The van der Waals surface area contributed by atoms with Gasteiger partial charge in [0.05, 0.1) is 30.2 Å². The Morgan fingerprint density at radius 1 is 1.12 bits per heavy atom. The molecule has 7 nitrogen and oxygen atoms in total. The molecule has 202 valence electrons. The Balaban J connectivity index is 1.27. The number of benzene rings is 3. The van der Waals surface area contributed by atoms with Gasteiger partial charge in [0.25, 0.3) is 11.5 Å². The van der Waals surface area contributed by atoms with Gasteiger partial charge in [-0.3, -0.25) is 14.2 Å². The van der Waals surface area contributed by atoms with Gasteiger partial charge in [-0.25, -0.2) is 10.4 Å². The van der Waals surface area contributed by atoms with Gasteiger partial charge < -0.3 is 4.74 Å². The van der Waals surface area contributed by atoms with E-state index < -0.39 is 0 Å². The van der Waals surface area contributed by atoms with Crippen molar-refractivity contribution in [3.63, 3.8) is 0 Å². The maximum Gasteiger partial charge on any atom is 0.267 e. The van der Waals surface area contributed by atoms with Crippen molar-refractivity contribution in [1.29, 1.82) is 0 Å². The van der Waals surface area contributed by atoms with Crippen molar-refractivity contribution in [3.05, 3.63) is 92.6 Å². The van der Waals surface area contributed by atoms with Gasteiger partial charge in [-0.1, -0.05) is 59.8 Å². The van der Waals surface area contributed by atoms with E-state index in [0.29, 0.717) is 10.9 Å². The Bertz CT molecular complexity index is 1820. The average Bonchev–Trinajstić information content (AvgIpc) is 3.35.